The molecular formula is C25H28N2O4. The summed E-state index contributed by atoms with van der Waals surface area (Å²) in [6.07, 6.45) is -0.573. The number of amides is 1. The largest absolute Gasteiger partial charge is 0.463 e. The van der Waals surface area contributed by atoms with Crippen LogP contribution >= 0.6 is 0 Å². The van der Waals surface area contributed by atoms with Crippen LogP contribution in [0.5, 0.6) is 0 Å². The third kappa shape index (κ3) is 5.02. The van der Waals surface area contributed by atoms with Crippen LogP contribution in [0.1, 0.15) is 51.8 Å². The van der Waals surface area contributed by atoms with Crippen molar-refractivity contribution in [3.63, 3.8) is 0 Å². The van der Waals surface area contributed by atoms with Gasteiger partial charge in [-0.25, -0.2) is 14.6 Å². The van der Waals surface area contributed by atoms with Crippen LogP contribution in [0.4, 0.5) is 4.79 Å². The van der Waals surface area contributed by atoms with Crippen LogP contribution < -0.4 is 0 Å². The second-order valence-electron chi connectivity index (χ2n) is 8.17. The highest BCUT2D eigenvalue weighted by Crippen LogP contribution is 2.40. The molecule has 0 bridgehead atoms. The Labute approximate surface area is 183 Å². The molecule has 6 nitrogen and oxygen atoms in total. The van der Waals surface area contributed by atoms with Crippen LogP contribution in [-0.4, -0.2) is 35.0 Å². The van der Waals surface area contributed by atoms with Crippen LogP contribution in [0.25, 0.3) is 5.70 Å². The maximum Gasteiger partial charge on any atom is 0.416 e. The van der Waals surface area contributed by atoms with E-state index in [0.717, 1.165) is 11.1 Å². The lowest BCUT2D eigenvalue weighted by molar-refractivity contribution is -0.139. The molecule has 0 aromatic heterocycles. The van der Waals surface area contributed by atoms with E-state index in [-0.39, 0.29) is 6.61 Å². The summed E-state index contributed by atoms with van der Waals surface area (Å²) in [5.74, 6) is -0.0741. The van der Waals surface area contributed by atoms with Crippen molar-refractivity contribution in [2.45, 2.75) is 46.3 Å². The molecule has 162 valence electrons. The molecule has 31 heavy (non-hydrogen) atoms. The predicted molar refractivity (Wildman–Crippen MR) is 120 cm³/mol. The maximum atomic E-state index is 13.2. The molecule has 0 aliphatic carbocycles. The molecule has 0 radical (unpaired) electrons. The molecule has 0 saturated heterocycles. The number of hydrogen-bond acceptors (Lipinski definition) is 5. The molecule has 0 spiro atoms. The van der Waals surface area contributed by atoms with Gasteiger partial charge in [-0.3, -0.25) is 4.90 Å². The lowest BCUT2D eigenvalue weighted by Crippen LogP contribution is -2.45. The first-order chi connectivity index (χ1) is 14.7. The molecule has 6 heteroatoms. The van der Waals surface area contributed by atoms with E-state index >= 15 is 0 Å². The zero-order valence-electron chi connectivity index (χ0n) is 18.6. The first-order valence-electron chi connectivity index (χ1n) is 10.3. The number of amidine groups is 1. The number of aliphatic imine (C=N–C) groups is 1. The van der Waals surface area contributed by atoms with Gasteiger partial charge in [0.25, 0.3) is 0 Å². The van der Waals surface area contributed by atoms with Gasteiger partial charge in [0, 0.05) is 5.56 Å². The van der Waals surface area contributed by atoms with Gasteiger partial charge in [0.15, 0.2) is 0 Å². The number of esters is 1. The molecule has 1 amide bonds. The summed E-state index contributed by atoms with van der Waals surface area (Å²) in [5, 5.41) is 0. The van der Waals surface area contributed by atoms with Gasteiger partial charge in [-0.15, -0.1) is 0 Å². The summed E-state index contributed by atoms with van der Waals surface area (Å²) in [7, 11) is 0. The van der Waals surface area contributed by atoms with Crippen molar-refractivity contribution in [2.75, 3.05) is 6.61 Å². The monoisotopic (exact) mass is 420 g/mol. The summed E-state index contributed by atoms with van der Waals surface area (Å²) in [6.45, 7) is 9.11. The lowest BCUT2D eigenvalue weighted by atomic mass is 9.91. The van der Waals surface area contributed by atoms with Gasteiger partial charge < -0.3 is 9.47 Å². The van der Waals surface area contributed by atoms with E-state index in [1.807, 2.05) is 60.7 Å². The number of ether oxygens (including phenoxy) is 2. The van der Waals surface area contributed by atoms with Crippen LogP contribution in [0, 0.1) is 0 Å². The normalized spacial score (nSPS) is 16.6. The Bertz CT molecular complexity index is 1000. The second kappa shape index (κ2) is 9.16. The maximum absolute atomic E-state index is 13.2. The van der Waals surface area contributed by atoms with E-state index in [0.29, 0.717) is 17.1 Å². The minimum Gasteiger partial charge on any atom is -0.463 e. The summed E-state index contributed by atoms with van der Waals surface area (Å²) in [5.41, 5.74) is 1.63. The zero-order chi connectivity index (χ0) is 22.6. The number of nitrogens with zero attached hydrogens (tertiary/aromatic N) is 2. The summed E-state index contributed by atoms with van der Waals surface area (Å²) in [4.78, 5) is 32.5. The molecule has 3 rings (SSSR count). The molecule has 0 N–H and O–H groups in total. The minimum absolute atomic E-state index is 0.209. The van der Waals surface area contributed by atoms with E-state index < -0.39 is 23.7 Å². The second-order valence-corrected chi connectivity index (χ2v) is 8.17. The number of carbonyl (C=O) groups excluding carboxylic acids is 2. The standard InChI is InChI=1S/C25H28N2O4/c1-6-30-23(28)20-21(18-13-9-7-10-14-18)26-17(2)27(24(29)31-25(3,4)5)22(20)19-15-11-8-12-16-19/h7-16,22H,6H2,1-5H3. The molecule has 2 aromatic carbocycles. The minimum atomic E-state index is -0.734. The zero-order valence-corrected chi connectivity index (χ0v) is 18.6. The molecule has 0 saturated carbocycles. The fourth-order valence-corrected chi connectivity index (χ4v) is 3.45. The van der Waals surface area contributed by atoms with Crippen molar-refractivity contribution in [3.8, 4) is 0 Å². The van der Waals surface area contributed by atoms with Gasteiger partial charge in [0.05, 0.1) is 17.9 Å². The first-order valence-corrected chi connectivity index (χ1v) is 10.3. The van der Waals surface area contributed by atoms with Crippen molar-refractivity contribution >= 4 is 23.6 Å². The average Bonchev–Trinajstić information content (AvgIpc) is 2.73. The topological polar surface area (TPSA) is 68.2 Å². The van der Waals surface area contributed by atoms with Gasteiger partial charge >= 0.3 is 12.1 Å². The number of carbonyl (C=O) groups is 2. The lowest BCUT2D eigenvalue weighted by Gasteiger charge is -2.37. The van der Waals surface area contributed by atoms with Gasteiger partial charge in [-0.1, -0.05) is 60.7 Å². The Hall–Kier alpha value is -3.41. The van der Waals surface area contributed by atoms with Crippen LogP contribution in [0.3, 0.4) is 0 Å². The van der Waals surface area contributed by atoms with E-state index in [9.17, 15) is 9.59 Å². The van der Waals surface area contributed by atoms with E-state index in [1.165, 1.54) is 4.90 Å². The highest BCUT2D eigenvalue weighted by atomic mass is 16.6. The summed E-state index contributed by atoms with van der Waals surface area (Å²) < 4.78 is 11.1. The predicted octanol–water partition coefficient (Wildman–Crippen LogP) is 5.37. The van der Waals surface area contributed by atoms with Crippen molar-refractivity contribution in [1.82, 2.24) is 4.90 Å². The van der Waals surface area contributed by atoms with Gasteiger partial charge in [-0.2, -0.15) is 0 Å². The third-order valence-electron chi connectivity index (χ3n) is 4.66. The van der Waals surface area contributed by atoms with E-state index in [4.69, 9.17) is 9.47 Å². The fourth-order valence-electron chi connectivity index (χ4n) is 3.45. The number of hydrogen-bond donors (Lipinski definition) is 0. The SMILES string of the molecule is CCOC(=O)C1=C(c2ccccc2)N=C(C)N(C(=O)OC(C)(C)C)C1c1ccccc1. The van der Waals surface area contributed by atoms with Gasteiger partial charge in [0.1, 0.15) is 17.5 Å². The number of benzene rings is 2. The fraction of sp³-hybridized carbons (Fsp3) is 0.320. The first kappa shape index (κ1) is 22.3. The smallest absolute Gasteiger partial charge is 0.416 e. The van der Waals surface area contributed by atoms with Gasteiger partial charge in [0.2, 0.25) is 0 Å². The molecule has 0 fully saturated rings. The Morgan fingerprint density at radius 1 is 1.00 bits per heavy atom. The molecule has 1 aliphatic heterocycles. The van der Waals surface area contributed by atoms with Crippen molar-refractivity contribution in [1.29, 1.82) is 0 Å². The molecule has 1 aliphatic rings. The average molecular weight is 421 g/mol. The summed E-state index contributed by atoms with van der Waals surface area (Å²) in [6, 6.07) is 18.1. The molecule has 1 unspecified atom stereocenters. The van der Waals surface area contributed by atoms with Crippen molar-refractivity contribution in [2.24, 2.45) is 4.99 Å². The Morgan fingerprint density at radius 2 is 1.58 bits per heavy atom. The highest BCUT2D eigenvalue weighted by Gasteiger charge is 2.41. The quantitative estimate of drug-likeness (QED) is 0.624. The van der Waals surface area contributed by atoms with E-state index in [1.54, 1.807) is 34.6 Å². The third-order valence-corrected chi connectivity index (χ3v) is 4.66. The van der Waals surface area contributed by atoms with Crippen molar-refractivity contribution < 1.29 is 19.1 Å². The van der Waals surface area contributed by atoms with Crippen LogP contribution in [0.2, 0.25) is 0 Å². The Kier molecular flexibility index (Phi) is 6.59. The molecular weight excluding hydrogens is 392 g/mol. The van der Waals surface area contributed by atoms with Gasteiger partial charge in [-0.05, 0) is 40.2 Å². The van der Waals surface area contributed by atoms with Crippen LogP contribution in [-0.2, 0) is 14.3 Å². The molecule has 2 aromatic rings. The Morgan fingerprint density at radius 3 is 2.13 bits per heavy atom. The van der Waals surface area contributed by atoms with E-state index in [2.05, 4.69) is 4.99 Å². The molecule has 1 atom stereocenters. The highest BCUT2D eigenvalue weighted by molar-refractivity contribution is 6.07. The van der Waals surface area contributed by atoms with Crippen molar-refractivity contribution in [3.05, 3.63) is 77.4 Å². The summed E-state index contributed by atoms with van der Waals surface area (Å²) >= 11 is 0. The number of rotatable bonds is 4. The van der Waals surface area contributed by atoms with Crippen LogP contribution in [0.15, 0.2) is 71.2 Å². The Balaban J connectivity index is 2.25. The molecule has 1 heterocycles.